The van der Waals surface area contributed by atoms with Crippen LogP contribution in [0, 0.1) is 12.7 Å². The third kappa shape index (κ3) is 5.17. The van der Waals surface area contributed by atoms with Crippen molar-refractivity contribution in [1.82, 2.24) is 0 Å². The molecule has 1 N–H and O–H groups in total. The normalized spacial score (nSPS) is 10.4. The van der Waals surface area contributed by atoms with E-state index in [1.54, 1.807) is 25.3 Å². The summed E-state index contributed by atoms with van der Waals surface area (Å²) in [5.74, 6) is 0.966. The van der Waals surface area contributed by atoms with Crippen LogP contribution in [0.5, 0.6) is 11.5 Å². The van der Waals surface area contributed by atoms with Crippen molar-refractivity contribution >= 4 is 5.69 Å². The van der Waals surface area contributed by atoms with Crippen LogP contribution < -0.4 is 14.8 Å². The molecule has 0 aliphatic carbocycles. The Morgan fingerprint density at radius 3 is 2.52 bits per heavy atom. The first-order chi connectivity index (χ1) is 14.1. The number of nitrogens with one attached hydrogen (secondary N) is 1. The first-order valence-corrected chi connectivity index (χ1v) is 9.58. The van der Waals surface area contributed by atoms with Gasteiger partial charge in [-0.2, -0.15) is 0 Å². The number of anilines is 1. The first kappa shape index (κ1) is 20.5. The van der Waals surface area contributed by atoms with Crippen LogP contribution in [-0.4, -0.2) is 7.11 Å². The summed E-state index contributed by atoms with van der Waals surface area (Å²) in [6.07, 6.45) is 2.45. The Balaban J connectivity index is 1.83. The highest BCUT2D eigenvalue weighted by atomic mass is 19.1. The van der Waals surface area contributed by atoms with Gasteiger partial charge < -0.3 is 14.8 Å². The van der Waals surface area contributed by atoms with Crippen LogP contribution in [0.3, 0.4) is 0 Å². The molecule has 0 heterocycles. The van der Waals surface area contributed by atoms with Gasteiger partial charge in [-0.15, -0.1) is 6.58 Å². The number of benzene rings is 3. The molecule has 3 rings (SSSR count). The van der Waals surface area contributed by atoms with Gasteiger partial charge in [-0.1, -0.05) is 42.5 Å². The van der Waals surface area contributed by atoms with Crippen molar-refractivity contribution in [3.63, 3.8) is 0 Å². The van der Waals surface area contributed by atoms with Gasteiger partial charge in [-0.3, -0.25) is 0 Å². The molecular weight excluding hydrogens is 365 g/mol. The molecule has 0 aliphatic rings. The van der Waals surface area contributed by atoms with E-state index < -0.39 is 0 Å². The fourth-order valence-electron chi connectivity index (χ4n) is 3.18. The molecule has 0 saturated carbocycles. The molecule has 3 nitrogen and oxygen atoms in total. The zero-order valence-corrected chi connectivity index (χ0v) is 16.9. The molecule has 29 heavy (non-hydrogen) atoms. The summed E-state index contributed by atoms with van der Waals surface area (Å²) in [5.41, 5.74) is 4.81. The van der Waals surface area contributed by atoms with E-state index in [2.05, 4.69) is 37.0 Å². The Morgan fingerprint density at radius 1 is 1.03 bits per heavy atom. The van der Waals surface area contributed by atoms with Crippen LogP contribution in [-0.2, 0) is 19.6 Å². The lowest BCUT2D eigenvalue weighted by atomic mass is 10.0. The first-order valence-electron chi connectivity index (χ1n) is 9.58. The molecule has 0 amide bonds. The van der Waals surface area contributed by atoms with Crippen molar-refractivity contribution in [3.8, 4) is 11.5 Å². The molecule has 4 heteroatoms. The van der Waals surface area contributed by atoms with E-state index in [1.807, 2.05) is 24.3 Å². The van der Waals surface area contributed by atoms with Gasteiger partial charge in [0.25, 0.3) is 0 Å². The average molecular weight is 391 g/mol. The molecule has 3 aromatic rings. The van der Waals surface area contributed by atoms with Crippen LogP contribution in [0.2, 0.25) is 0 Å². The highest BCUT2D eigenvalue weighted by Crippen LogP contribution is 2.34. The summed E-state index contributed by atoms with van der Waals surface area (Å²) in [6, 6.07) is 18.8. The van der Waals surface area contributed by atoms with Gasteiger partial charge in [0.15, 0.2) is 11.5 Å². The third-order valence-electron chi connectivity index (χ3n) is 4.73. The predicted octanol–water partition coefficient (Wildman–Crippen LogP) is 6.06. The monoisotopic (exact) mass is 391 g/mol. The van der Waals surface area contributed by atoms with E-state index in [0.717, 1.165) is 16.8 Å². The molecule has 0 atom stereocenters. The molecule has 0 spiro atoms. The van der Waals surface area contributed by atoms with E-state index >= 15 is 0 Å². The Bertz CT molecular complexity index is 984. The number of aryl methyl sites for hydroxylation is 1. The van der Waals surface area contributed by atoms with Crippen molar-refractivity contribution in [2.75, 3.05) is 12.4 Å². The highest BCUT2D eigenvalue weighted by molar-refractivity contribution is 5.53. The minimum Gasteiger partial charge on any atom is -0.493 e. The molecule has 0 saturated heterocycles. The maximum absolute atomic E-state index is 13.9. The molecule has 3 aromatic carbocycles. The van der Waals surface area contributed by atoms with Crippen molar-refractivity contribution in [2.45, 2.75) is 26.5 Å². The molecule has 0 bridgehead atoms. The number of rotatable bonds is 9. The van der Waals surface area contributed by atoms with Gasteiger partial charge in [0.2, 0.25) is 0 Å². The van der Waals surface area contributed by atoms with Gasteiger partial charge in [0, 0.05) is 23.4 Å². The molecule has 0 unspecified atom stereocenters. The second-order valence-corrected chi connectivity index (χ2v) is 6.83. The molecular formula is C25H26FNO2. The highest BCUT2D eigenvalue weighted by Gasteiger charge is 2.14. The smallest absolute Gasteiger partial charge is 0.165 e. The zero-order chi connectivity index (χ0) is 20.6. The largest absolute Gasteiger partial charge is 0.493 e. The predicted molar refractivity (Wildman–Crippen MR) is 116 cm³/mol. The fourth-order valence-corrected chi connectivity index (χ4v) is 3.18. The van der Waals surface area contributed by atoms with Gasteiger partial charge in [-0.25, -0.2) is 4.39 Å². The van der Waals surface area contributed by atoms with E-state index in [-0.39, 0.29) is 12.4 Å². The number of ether oxygens (including phenoxy) is 2. The summed E-state index contributed by atoms with van der Waals surface area (Å²) >= 11 is 0. The quantitative estimate of drug-likeness (QED) is 0.450. The Kier molecular flexibility index (Phi) is 6.90. The SMILES string of the molecule is C=CCc1cc(CNc2ccccc2C)cc(OC)c1OCc1ccccc1F. The Labute approximate surface area is 171 Å². The standard InChI is InChI=1S/C25H26FNO2/c1-4-9-20-14-19(16-27-23-13-8-5-10-18(23)2)15-24(28-3)25(20)29-17-21-11-6-7-12-22(21)26/h4-8,10-15,27H,1,9,16-17H2,2-3H3. The Morgan fingerprint density at radius 2 is 1.79 bits per heavy atom. The van der Waals surface area contributed by atoms with Crippen LogP contribution in [0.25, 0.3) is 0 Å². The van der Waals surface area contributed by atoms with Gasteiger partial charge in [0.1, 0.15) is 12.4 Å². The van der Waals surface area contributed by atoms with Crippen LogP contribution >= 0.6 is 0 Å². The van der Waals surface area contributed by atoms with E-state index in [4.69, 9.17) is 9.47 Å². The molecule has 0 aliphatic heterocycles. The second kappa shape index (κ2) is 9.78. The Hall–Kier alpha value is -3.27. The maximum Gasteiger partial charge on any atom is 0.165 e. The van der Waals surface area contributed by atoms with Crippen molar-refractivity contribution in [1.29, 1.82) is 0 Å². The topological polar surface area (TPSA) is 30.5 Å². The lowest BCUT2D eigenvalue weighted by Crippen LogP contribution is -2.06. The summed E-state index contributed by atoms with van der Waals surface area (Å²) < 4.78 is 25.5. The van der Waals surface area contributed by atoms with Crippen LogP contribution in [0.4, 0.5) is 10.1 Å². The summed E-state index contributed by atoms with van der Waals surface area (Å²) in [5, 5.41) is 3.46. The number of halogens is 1. The third-order valence-corrected chi connectivity index (χ3v) is 4.73. The van der Waals surface area contributed by atoms with Crippen molar-refractivity contribution in [2.24, 2.45) is 0 Å². The van der Waals surface area contributed by atoms with E-state index in [9.17, 15) is 4.39 Å². The van der Waals surface area contributed by atoms with Crippen molar-refractivity contribution in [3.05, 3.63) is 101 Å². The molecule has 0 radical (unpaired) electrons. The zero-order valence-electron chi connectivity index (χ0n) is 16.9. The number of para-hydroxylation sites is 1. The number of methoxy groups -OCH3 is 1. The molecule has 150 valence electrons. The lowest BCUT2D eigenvalue weighted by Gasteiger charge is -2.17. The van der Waals surface area contributed by atoms with E-state index in [1.165, 1.54) is 11.6 Å². The summed E-state index contributed by atoms with van der Waals surface area (Å²) in [4.78, 5) is 0. The second-order valence-electron chi connectivity index (χ2n) is 6.83. The van der Waals surface area contributed by atoms with E-state index in [0.29, 0.717) is 30.0 Å². The number of hydrogen-bond donors (Lipinski definition) is 1. The summed E-state index contributed by atoms with van der Waals surface area (Å²) in [7, 11) is 1.61. The minimum absolute atomic E-state index is 0.133. The number of allylic oxidation sites excluding steroid dienone is 1. The van der Waals surface area contributed by atoms with Gasteiger partial charge in [0.05, 0.1) is 7.11 Å². The number of hydrogen-bond acceptors (Lipinski definition) is 3. The van der Waals surface area contributed by atoms with Crippen LogP contribution in [0.1, 0.15) is 22.3 Å². The summed E-state index contributed by atoms with van der Waals surface area (Å²) in [6.45, 7) is 6.71. The minimum atomic E-state index is -0.282. The van der Waals surface area contributed by atoms with Crippen LogP contribution in [0.15, 0.2) is 73.3 Å². The fraction of sp³-hybridized carbons (Fsp3) is 0.200. The average Bonchev–Trinajstić information content (AvgIpc) is 2.73. The molecule has 0 fully saturated rings. The van der Waals surface area contributed by atoms with Gasteiger partial charge >= 0.3 is 0 Å². The van der Waals surface area contributed by atoms with Crippen molar-refractivity contribution < 1.29 is 13.9 Å². The lowest BCUT2D eigenvalue weighted by molar-refractivity contribution is 0.277. The maximum atomic E-state index is 13.9. The molecule has 0 aromatic heterocycles. The van der Waals surface area contributed by atoms with Gasteiger partial charge in [-0.05, 0) is 48.7 Å².